The van der Waals surface area contributed by atoms with Crippen molar-refractivity contribution in [3.8, 4) is 0 Å². The molecule has 1 unspecified atom stereocenters. The maximum Gasteiger partial charge on any atom is 0.0636 e. The Morgan fingerprint density at radius 2 is 2.06 bits per heavy atom. The lowest BCUT2D eigenvalue weighted by molar-refractivity contribution is 0.186. The molecule has 0 amide bonds. The van der Waals surface area contributed by atoms with Gasteiger partial charge < -0.3 is 10.4 Å². The van der Waals surface area contributed by atoms with Gasteiger partial charge in [0, 0.05) is 12.6 Å². The van der Waals surface area contributed by atoms with Crippen molar-refractivity contribution >= 4 is 0 Å². The molecule has 0 saturated carbocycles. The summed E-state index contributed by atoms with van der Waals surface area (Å²) in [6.45, 7) is 6.77. The van der Waals surface area contributed by atoms with E-state index in [0.29, 0.717) is 12.6 Å². The van der Waals surface area contributed by atoms with Gasteiger partial charge in [0.15, 0.2) is 0 Å². The predicted molar refractivity (Wildman–Crippen MR) is 68.6 cm³/mol. The fourth-order valence-corrected chi connectivity index (χ4v) is 1.72. The van der Waals surface area contributed by atoms with E-state index in [1.807, 2.05) is 0 Å². The van der Waals surface area contributed by atoms with E-state index < -0.39 is 0 Å². The van der Waals surface area contributed by atoms with Gasteiger partial charge in [0.25, 0.3) is 0 Å². The van der Waals surface area contributed by atoms with Crippen molar-refractivity contribution in [1.82, 2.24) is 5.32 Å². The summed E-state index contributed by atoms with van der Waals surface area (Å²) in [6, 6.07) is 9.10. The molecule has 0 aromatic heterocycles. The number of aliphatic hydroxyl groups excluding tert-OH is 1. The summed E-state index contributed by atoms with van der Waals surface area (Å²) in [5.74, 6) is 0. The van der Waals surface area contributed by atoms with Crippen LogP contribution in [0.4, 0.5) is 0 Å². The van der Waals surface area contributed by atoms with Gasteiger partial charge in [-0.3, -0.25) is 0 Å². The molecule has 0 aliphatic heterocycles. The predicted octanol–water partition coefficient (Wildman–Crippen LogP) is 2.29. The van der Waals surface area contributed by atoms with Gasteiger partial charge in [0.1, 0.15) is 0 Å². The van der Waals surface area contributed by atoms with Crippen LogP contribution in [0.5, 0.6) is 0 Å². The molecule has 16 heavy (non-hydrogen) atoms. The highest BCUT2D eigenvalue weighted by atomic mass is 16.3. The molecule has 0 saturated heterocycles. The Morgan fingerprint density at radius 1 is 1.31 bits per heavy atom. The smallest absolute Gasteiger partial charge is 0.0636 e. The number of aryl methyl sites for hydroxylation is 2. The van der Waals surface area contributed by atoms with Crippen LogP contribution in [0.3, 0.4) is 0 Å². The molecular weight excluding hydrogens is 198 g/mol. The number of rotatable bonds is 6. The van der Waals surface area contributed by atoms with Crippen molar-refractivity contribution in [3.63, 3.8) is 0 Å². The van der Waals surface area contributed by atoms with E-state index in [9.17, 15) is 0 Å². The first-order chi connectivity index (χ1) is 7.58. The van der Waals surface area contributed by atoms with Gasteiger partial charge in [0.05, 0.1) is 6.10 Å². The molecule has 0 heterocycles. The Balaban J connectivity index is 2.28. The second-order valence-electron chi connectivity index (χ2n) is 4.69. The first-order valence-corrected chi connectivity index (χ1v) is 6.05. The van der Waals surface area contributed by atoms with Crippen LogP contribution in [0, 0.1) is 6.92 Å². The minimum absolute atomic E-state index is 0.263. The summed E-state index contributed by atoms with van der Waals surface area (Å²) in [5, 5.41) is 12.5. The van der Waals surface area contributed by atoms with Crippen molar-refractivity contribution in [2.75, 3.05) is 6.54 Å². The minimum atomic E-state index is -0.263. The van der Waals surface area contributed by atoms with Gasteiger partial charge in [0.2, 0.25) is 0 Å². The van der Waals surface area contributed by atoms with Crippen LogP contribution in [0.15, 0.2) is 24.3 Å². The molecule has 1 rings (SSSR count). The van der Waals surface area contributed by atoms with E-state index >= 15 is 0 Å². The lowest BCUT2D eigenvalue weighted by atomic mass is 10.0. The normalized spacial score (nSPS) is 14.8. The second kappa shape index (κ2) is 6.66. The number of benzene rings is 1. The molecule has 0 fully saturated rings. The number of nitrogens with one attached hydrogen (secondary N) is 1. The van der Waals surface area contributed by atoms with Crippen LogP contribution in [-0.2, 0) is 6.42 Å². The van der Waals surface area contributed by atoms with E-state index in [2.05, 4.69) is 43.4 Å². The summed E-state index contributed by atoms with van der Waals surface area (Å²) >= 11 is 0. The van der Waals surface area contributed by atoms with Gasteiger partial charge in [-0.2, -0.15) is 0 Å². The quantitative estimate of drug-likeness (QED) is 0.772. The minimum Gasteiger partial charge on any atom is -0.392 e. The Bertz CT molecular complexity index is 309. The number of hydrogen-bond acceptors (Lipinski definition) is 2. The monoisotopic (exact) mass is 221 g/mol. The third-order valence-corrected chi connectivity index (χ3v) is 2.71. The lowest BCUT2D eigenvalue weighted by Gasteiger charge is -2.15. The Morgan fingerprint density at radius 3 is 2.69 bits per heavy atom. The summed E-state index contributed by atoms with van der Waals surface area (Å²) in [6.07, 6.45) is 1.94. The van der Waals surface area contributed by atoms with Crippen LogP contribution in [0.1, 0.15) is 31.4 Å². The number of aliphatic hydroxyl groups is 1. The van der Waals surface area contributed by atoms with Gasteiger partial charge in [-0.1, -0.05) is 29.8 Å². The molecule has 0 aliphatic carbocycles. The molecule has 0 spiro atoms. The van der Waals surface area contributed by atoms with E-state index in [1.54, 1.807) is 6.92 Å². The summed E-state index contributed by atoms with van der Waals surface area (Å²) < 4.78 is 0. The second-order valence-corrected chi connectivity index (χ2v) is 4.69. The molecule has 2 atom stereocenters. The van der Waals surface area contributed by atoms with E-state index in [-0.39, 0.29) is 6.10 Å². The van der Waals surface area contributed by atoms with Crippen molar-refractivity contribution in [3.05, 3.63) is 35.4 Å². The van der Waals surface area contributed by atoms with Crippen molar-refractivity contribution in [2.24, 2.45) is 0 Å². The maximum atomic E-state index is 9.16. The SMILES string of the molecule is Cc1cccc(CCC(C)NC[C@H](C)O)c1. The average molecular weight is 221 g/mol. The topological polar surface area (TPSA) is 32.3 Å². The van der Waals surface area contributed by atoms with Crippen LogP contribution in [-0.4, -0.2) is 23.8 Å². The Labute approximate surface area is 98.7 Å². The molecule has 0 radical (unpaired) electrons. The molecule has 2 heteroatoms. The van der Waals surface area contributed by atoms with Gasteiger partial charge in [-0.15, -0.1) is 0 Å². The van der Waals surface area contributed by atoms with E-state index in [4.69, 9.17) is 5.11 Å². The van der Waals surface area contributed by atoms with Crippen molar-refractivity contribution in [1.29, 1.82) is 0 Å². The molecule has 90 valence electrons. The third-order valence-electron chi connectivity index (χ3n) is 2.71. The van der Waals surface area contributed by atoms with Crippen molar-refractivity contribution < 1.29 is 5.11 Å². The van der Waals surface area contributed by atoms with Gasteiger partial charge in [-0.05, 0) is 39.2 Å². The molecule has 0 bridgehead atoms. The molecule has 1 aromatic carbocycles. The van der Waals surface area contributed by atoms with Crippen molar-refractivity contribution in [2.45, 2.75) is 45.8 Å². The Hall–Kier alpha value is -0.860. The molecule has 2 N–H and O–H groups in total. The standard InChI is InChI=1S/C14H23NO/c1-11-5-4-6-14(9-11)8-7-12(2)15-10-13(3)16/h4-6,9,12-13,15-16H,7-8,10H2,1-3H3/t12?,13-/m0/s1. The summed E-state index contributed by atoms with van der Waals surface area (Å²) in [7, 11) is 0. The zero-order valence-corrected chi connectivity index (χ0v) is 10.5. The van der Waals surface area contributed by atoms with E-state index in [1.165, 1.54) is 11.1 Å². The maximum absolute atomic E-state index is 9.16. The summed E-state index contributed by atoms with van der Waals surface area (Å²) in [5.41, 5.74) is 2.72. The fraction of sp³-hybridized carbons (Fsp3) is 0.571. The highest BCUT2D eigenvalue weighted by Crippen LogP contribution is 2.07. The van der Waals surface area contributed by atoms with Crippen LogP contribution in [0.2, 0.25) is 0 Å². The van der Waals surface area contributed by atoms with Gasteiger partial charge in [-0.25, -0.2) is 0 Å². The zero-order valence-electron chi connectivity index (χ0n) is 10.5. The largest absolute Gasteiger partial charge is 0.392 e. The zero-order chi connectivity index (χ0) is 12.0. The Kier molecular flexibility index (Phi) is 5.50. The van der Waals surface area contributed by atoms with E-state index in [0.717, 1.165) is 12.8 Å². The highest BCUT2D eigenvalue weighted by molar-refractivity contribution is 5.22. The first-order valence-electron chi connectivity index (χ1n) is 6.05. The first kappa shape index (κ1) is 13.2. The fourth-order valence-electron chi connectivity index (χ4n) is 1.72. The molecule has 0 aliphatic rings. The molecule has 2 nitrogen and oxygen atoms in total. The van der Waals surface area contributed by atoms with Crippen LogP contribution < -0.4 is 5.32 Å². The number of hydrogen-bond donors (Lipinski definition) is 2. The highest BCUT2D eigenvalue weighted by Gasteiger charge is 2.03. The van der Waals surface area contributed by atoms with Gasteiger partial charge >= 0.3 is 0 Å². The van der Waals surface area contributed by atoms with Crippen LogP contribution >= 0.6 is 0 Å². The molecule has 1 aromatic rings. The van der Waals surface area contributed by atoms with Crippen LogP contribution in [0.25, 0.3) is 0 Å². The summed E-state index contributed by atoms with van der Waals surface area (Å²) in [4.78, 5) is 0. The third kappa shape index (κ3) is 5.29. The molecular formula is C14H23NO. The lowest BCUT2D eigenvalue weighted by Crippen LogP contribution is -2.32. The average Bonchev–Trinajstić information content (AvgIpc) is 2.23.